The quantitative estimate of drug-likeness (QED) is 0.466. The van der Waals surface area contributed by atoms with Crippen molar-refractivity contribution >= 4 is 34.6 Å². The van der Waals surface area contributed by atoms with Gasteiger partial charge in [-0.15, -0.1) is 0 Å². The van der Waals surface area contributed by atoms with Gasteiger partial charge in [0.05, 0.1) is 22.4 Å². The summed E-state index contributed by atoms with van der Waals surface area (Å²) in [4.78, 5) is 38.1. The molecule has 1 aliphatic carbocycles. The van der Waals surface area contributed by atoms with Gasteiger partial charge in [0, 0.05) is 11.8 Å². The number of carbonyl (C=O) groups excluding carboxylic acids is 2. The maximum Gasteiger partial charge on any atom is 0.294 e. The molecule has 1 N–H and O–H groups in total. The molecule has 3 atom stereocenters. The minimum atomic E-state index is -0.498. The molecule has 7 nitrogen and oxygen atoms in total. The van der Waals surface area contributed by atoms with Crippen LogP contribution in [0, 0.1) is 34.8 Å². The van der Waals surface area contributed by atoms with Crippen LogP contribution in [-0.4, -0.2) is 16.7 Å². The predicted molar refractivity (Wildman–Crippen MR) is 110 cm³/mol. The Morgan fingerprint density at radius 2 is 1.83 bits per heavy atom. The molecule has 0 radical (unpaired) electrons. The Hall–Kier alpha value is -3.22. The SMILES string of the molecule is Cc1cccc(Nc2ccc(N3C(=O)[C@@H]4CC[C@@H](C)C[C@H]4C3=O)cc2[N+](=O)[O-])c1. The van der Waals surface area contributed by atoms with Crippen molar-refractivity contribution < 1.29 is 14.5 Å². The van der Waals surface area contributed by atoms with Gasteiger partial charge in [-0.25, -0.2) is 4.90 Å². The molecule has 2 fully saturated rings. The summed E-state index contributed by atoms with van der Waals surface area (Å²) in [5.74, 6) is -0.678. The van der Waals surface area contributed by atoms with Gasteiger partial charge in [-0.05, 0) is 61.9 Å². The van der Waals surface area contributed by atoms with Crippen molar-refractivity contribution in [1.29, 1.82) is 0 Å². The van der Waals surface area contributed by atoms with Crippen molar-refractivity contribution in [2.45, 2.75) is 33.1 Å². The number of anilines is 3. The molecule has 2 aromatic rings. The molecule has 2 aliphatic rings. The second-order valence-corrected chi connectivity index (χ2v) is 8.10. The third kappa shape index (κ3) is 3.48. The summed E-state index contributed by atoms with van der Waals surface area (Å²) in [6.45, 7) is 4.03. The van der Waals surface area contributed by atoms with Crippen LogP contribution in [0.4, 0.5) is 22.7 Å². The van der Waals surface area contributed by atoms with Gasteiger partial charge < -0.3 is 5.32 Å². The van der Waals surface area contributed by atoms with Crippen molar-refractivity contribution in [1.82, 2.24) is 0 Å². The molecule has 1 saturated heterocycles. The summed E-state index contributed by atoms with van der Waals surface area (Å²) in [7, 11) is 0. The first-order chi connectivity index (χ1) is 13.8. The van der Waals surface area contributed by atoms with Crippen LogP contribution in [0.5, 0.6) is 0 Å². The third-order valence-electron chi connectivity index (χ3n) is 5.92. The molecule has 0 aromatic heterocycles. The van der Waals surface area contributed by atoms with Crippen LogP contribution in [0.15, 0.2) is 42.5 Å². The molecule has 0 unspecified atom stereocenters. The fourth-order valence-electron chi connectivity index (χ4n) is 4.44. The summed E-state index contributed by atoms with van der Waals surface area (Å²) in [6, 6.07) is 12.0. The molecule has 2 aromatic carbocycles. The average Bonchev–Trinajstić information content (AvgIpc) is 2.92. The van der Waals surface area contributed by atoms with E-state index in [0.29, 0.717) is 24.4 Å². The Balaban J connectivity index is 1.67. The number of benzene rings is 2. The number of carbonyl (C=O) groups is 2. The number of rotatable bonds is 4. The molecule has 7 heteroatoms. The zero-order valence-corrected chi connectivity index (χ0v) is 16.4. The van der Waals surface area contributed by atoms with Gasteiger partial charge in [0.2, 0.25) is 11.8 Å². The Morgan fingerprint density at radius 3 is 2.55 bits per heavy atom. The smallest absolute Gasteiger partial charge is 0.294 e. The third-order valence-corrected chi connectivity index (χ3v) is 5.92. The van der Waals surface area contributed by atoms with Crippen LogP contribution in [0.1, 0.15) is 31.7 Å². The van der Waals surface area contributed by atoms with E-state index in [1.807, 2.05) is 31.2 Å². The number of nitrogens with zero attached hydrogens (tertiary/aromatic N) is 2. The highest BCUT2D eigenvalue weighted by atomic mass is 16.6. The predicted octanol–water partition coefficient (Wildman–Crippen LogP) is 4.57. The van der Waals surface area contributed by atoms with Crippen molar-refractivity contribution in [3.05, 3.63) is 58.1 Å². The van der Waals surface area contributed by atoms with Crippen molar-refractivity contribution in [2.24, 2.45) is 17.8 Å². The van der Waals surface area contributed by atoms with E-state index in [4.69, 9.17) is 0 Å². The van der Waals surface area contributed by atoms with Crippen LogP contribution in [0.2, 0.25) is 0 Å². The molecule has 2 amide bonds. The highest BCUT2D eigenvalue weighted by Crippen LogP contribution is 2.43. The number of imide groups is 1. The number of aryl methyl sites for hydroxylation is 1. The van der Waals surface area contributed by atoms with Gasteiger partial charge in [-0.1, -0.05) is 19.1 Å². The lowest BCUT2D eigenvalue weighted by molar-refractivity contribution is -0.383. The van der Waals surface area contributed by atoms with Gasteiger partial charge >= 0.3 is 0 Å². The van der Waals surface area contributed by atoms with E-state index >= 15 is 0 Å². The lowest BCUT2D eigenvalue weighted by atomic mass is 9.76. The molecule has 4 rings (SSSR count). The number of hydrogen-bond donors (Lipinski definition) is 1. The van der Waals surface area contributed by atoms with Crippen molar-refractivity contribution in [3.8, 4) is 0 Å². The van der Waals surface area contributed by atoms with Crippen LogP contribution >= 0.6 is 0 Å². The highest BCUT2D eigenvalue weighted by molar-refractivity contribution is 6.22. The Morgan fingerprint density at radius 1 is 1.07 bits per heavy atom. The van der Waals surface area contributed by atoms with Gasteiger partial charge in [0.1, 0.15) is 5.69 Å². The molecule has 0 bridgehead atoms. The maximum absolute atomic E-state index is 12.9. The van der Waals surface area contributed by atoms with Gasteiger partial charge in [-0.3, -0.25) is 19.7 Å². The van der Waals surface area contributed by atoms with Crippen LogP contribution in [0.25, 0.3) is 0 Å². The highest BCUT2D eigenvalue weighted by Gasteiger charge is 2.50. The number of nitrogens with one attached hydrogen (secondary N) is 1. The summed E-state index contributed by atoms with van der Waals surface area (Å²) in [6.07, 6.45) is 2.32. The van der Waals surface area contributed by atoms with Crippen molar-refractivity contribution in [3.63, 3.8) is 0 Å². The number of amides is 2. The topological polar surface area (TPSA) is 92.6 Å². The molecule has 29 heavy (non-hydrogen) atoms. The molecule has 150 valence electrons. The standard InChI is InChI=1S/C22H23N3O4/c1-13-4-3-5-15(10-13)23-19-9-7-16(12-20(19)25(28)29)24-21(26)17-8-6-14(2)11-18(17)22(24)27/h3-5,7,9-10,12,14,17-18,23H,6,8,11H2,1-2H3/t14-,17-,18-/m1/s1. The first-order valence-corrected chi connectivity index (χ1v) is 9.85. The number of hydrogen-bond acceptors (Lipinski definition) is 5. The average molecular weight is 393 g/mol. The molecule has 1 aliphatic heterocycles. The van der Waals surface area contributed by atoms with Gasteiger partial charge in [-0.2, -0.15) is 0 Å². The normalized spacial score (nSPS) is 23.8. The Bertz CT molecular complexity index is 1000. The van der Waals surface area contributed by atoms with E-state index in [-0.39, 0.29) is 35.0 Å². The van der Waals surface area contributed by atoms with Crippen LogP contribution in [-0.2, 0) is 9.59 Å². The summed E-state index contributed by atoms with van der Waals surface area (Å²) >= 11 is 0. The number of fused-ring (bicyclic) bond motifs is 1. The molecule has 1 heterocycles. The van der Waals surface area contributed by atoms with Crippen LogP contribution < -0.4 is 10.2 Å². The van der Waals surface area contributed by atoms with E-state index in [9.17, 15) is 19.7 Å². The summed E-state index contributed by atoms with van der Waals surface area (Å²) in [5, 5.41) is 14.7. The fourth-order valence-corrected chi connectivity index (χ4v) is 4.44. The summed E-state index contributed by atoms with van der Waals surface area (Å²) in [5.41, 5.74) is 2.17. The van der Waals surface area contributed by atoms with E-state index in [1.165, 1.54) is 6.07 Å². The van der Waals surface area contributed by atoms with E-state index < -0.39 is 4.92 Å². The largest absolute Gasteiger partial charge is 0.350 e. The maximum atomic E-state index is 12.9. The first-order valence-electron chi connectivity index (χ1n) is 9.85. The minimum Gasteiger partial charge on any atom is -0.350 e. The molecule has 1 saturated carbocycles. The Labute approximate surface area is 168 Å². The second kappa shape index (κ2) is 7.31. The van der Waals surface area contributed by atoms with Crippen molar-refractivity contribution in [2.75, 3.05) is 10.2 Å². The summed E-state index contributed by atoms with van der Waals surface area (Å²) < 4.78 is 0. The van der Waals surface area contributed by atoms with E-state index in [1.54, 1.807) is 12.1 Å². The molecular formula is C22H23N3O4. The zero-order valence-electron chi connectivity index (χ0n) is 16.4. The number of nitro groups is 1. The van der Waals surface area contributed by atoms with Gasteiger partial charge in [0.15, 0.2) is 0 Å². The molecular weight excluding hydrogens is 370 g/mol. The lowest BCUT2D eigenvalue weighted by Crippen LogP contribution is -2.30. The van der Waals surface area contributed by atoms with Crippen LogP contribution in [0.3, 0.4) is 0 Å². The van der Waals surface area contributed by atoms with Gasteiger partial charge in [0.25, 0.3) is 5.69 Å². The lowest BCUT2D eigenvalue weighted by Gasteiger charge is -2.25. The monoisotopic (exact) mass is 393 g/mol. The minimum absolute atomic E-state index is 0.173. The number of nitro benzene ring substituents is 1. The Kier molecular flexibility index (Phi) is 4.82. The fraction of sp³-hybridized carbons (Fsp3) is 0.364. The second-order valence-electron chi connectivity index (χ2n) is 8.10. The van der Waals surface area contributed by atoms with E-state index in [0.717, 1.165) is 22.6 Å². The molecule has 0 spiro atoms. The van der Waals surface area contributed by atoms with E-state index in [2.05, 4.69) is 12.2 Å². The zero-order chi connectivity index (χ0) is 20.7. The first kappa shape index (κ1) is 19.1.